The van der Waals surface area contributed by atoms with Crippen LogP contribution in [-0.4, -0.2) is 29.7 Å². The van der Waals surface area contributed by atoms with Crippen molar-refractivity contribution in [3.8, 4) is 0 Å². The zero-order valence-corrected chi connectivity index (χ0v) is 10.7. The number of fused-ring (bicyclic) bond motifs is 1. The highest BCUT2D eigenvalue weighted by molar-refractivity contribution is 4.92. The normalized spacial score (nSPS) is 39.3. The molecule has 2 rings (SSSR count). The van der Waals surface area contributed by atoms with Gasteiger partial charge in [0, 0.05) is 6.42 Å². The van der Waals surface area contributed by atoms with Gasteiger partial charge in [0.1, 0.15) is 24.4 Å². The van der Waals surface area contributed by atoms with E-state index >= 15 is 0 Å². The molecule has 1 aliphatic heterocycles. The Morgan fingerprint density at radius 3 is 2.47 bits per heavy atom. The predicted octanol–water partition coefficient (Wildman–Crippen LogP) is 3.40. The van der Waals surface area contributed by atoms with E-state index in [1.165, 1.54) is 49.7 Å². The molecule has 1 saturated heterocycles. The van der Waals surface area contributed by atoms with Crippen molar-refractivity contribution in [2.75, 3.05) is 13.1 Å². The number of hydrogen-bond acceptors (Lipinski definition) is 0. The number of hydrogen-bond donors (Lipinski definition) is 0. The van der Waals surface area contributed by atoms with Crippen LogP contribution >= 0.6 is 0 Å². The maximum atomic E-state index is 2.65. The van der Waals surface area contributed by atoms with E-state index in [0.29, 0.717) is 0 Å². The van der Waals surface area contributed by atoms with Gasteiger partial charge in [-0.05, 0) is 40.0 Å². The van der Waals surface area contributed by atoms with Crippen LogP contribution in [0.25, 0.3) is 0 Å². The van der Waals surface area contributed by atoms with E-state index in [0.717, 1.165) is 18.0 Å². The predicted molar refractivity (Wildman–Crippen MR) is 65.5 cm³/mol. The lowest BCUT2D eigenvalue weighted by atomic mass is 9.74. The lowest BCUT2D eigenvalue weighted by Gasteiger charge is -2.52. The molecule has 1 heteroatoms. The van der Waals surface area contributed by atoms with Crippen molar-refractivity contribution < 1.29 is 4.48 Å². The molecule has 3 atom stereocenters. The summed E-state index contributed by atoms with van der Waals surface area (Å²) in [6, 6.07) is 1.82. The number of nitrogens with zero attached hydrogens (tertiary/aromatic N) is 1. The first-order valence-corrected chi connectivity index (χ1v) is 6.94. The summed E-state index contributed by atoms with van der Waals surface area (Å²) >= 11 is 0. The molecule has 0 aromatic heterocycles. The maximum absolute atomic E-state index is 2.65. The summed E-state index contributed by atoms with van der Waals surface area (Å²) in [6.07, 6.45) is 9.89. The molecule has 0 amide bonds. The van der Waals surface area contributed by atoms with Gasteiger partial charge < -0.3 is 4.48 Å². The first-order valence-electron chi connectivity index (χ1n) is 6.94. The fraction of sp³-hybridized carbons (Fsp3) is 0.929. The summed E-state index contributed by atoms with van der Waals surface area (Å²) < 4.78 is 1.40. The first kappa shape index (κ1) is 11.3. The Hall–Kier alpha value is -0.170. The van der Waals surface area contributed by atoms with Gasteiger partial charge in [0.05, 0.1) is 19.5 Å². The smallest absolute Gasteiger partial charge is 0.149 e. The molecule has 0 aromatic rings. The van der Waals surface area contributed by atoms with Crippen molar-refractivity contribution in [2.24, 2.45) is 5.92 Å². The Bertz CT molecular complexity index is 207. The third kappa shape index (κ3) is 1.69. The van der Waals surface area contributed by atoms with Crippen LogP contribution in [0, 0.1) is 12.3 Å². The monoisotopic (exact) mass is 209 g/mol. The van der Waals surface area contributed by atoms with Crippen LogP contribution in [0.3, 0.4) is 0 Å². The first-order chi connectivity index (χ1) is 7.24. The lowest BCUT2D eigenvalue weighted by Crippen LogP contribution is -2.65. The topological polar surface area (TPSA) is 0 Å². The van der Waals surface area contributed by atoms with Gasteiger partial charge in [-0.15, -0.1) is 0 Å². The lowest BCUT2D eigenvalue weighted by molar-refractivity contribution is -0.976. The molecule has 0 bridgehead atoms. The minimum Gasteiger partial charge on any atom is -0.312 e. The quantitative estimate of drug-likeness (QED) is 0.483. The Morgan fingerprint density at radius 1 is 1.13 bits per heavy atom. The van der Waals surface area contributed by atoms with E-state index < -0.39 is 0 Å². The summed E-state index contributed by atoms with van der Waals surface area (Å²) in [6.45, 7) is 9.95. The van der Waals surface area contributed by atoms with Crippen LogP contribution in [0.15, 0.2) is 0 Å². The maximum Gasteiger partial charge on any atom is 0.149 e. The second kappa shape index (κ2) is 4.37. The van der Waals surface area contributed by atoms with Crippen molar-refractivity contribution in [3.63, 3.8) is 0 Å². The van der Waals surface area contributed by atoms with Crippen LogP contribution in [0.5, 0.6) is 0 Å². The Balaban J connectivity index is 2.22. The van der Waals surface area contributed by atoms with Crippen LogP contribution < -0.4 is 0 Å². The summed E-state index contributed by atoms with van der Waals surface area (Å²) in [5.41, 5.74) is 0. The van der Waals surface area contributed by atoms with E-state index in [9.17, 15) is 0 Å². The van der Waals surface area contributed by atoms with Crippen molar-refractivity contribution in [1.82, 2.24) is 0 Å². The van der Waals surface area contributed by atoms with E-state index in [1.54, 1.807) is 0 Å². The molecular weight excluding hydrogens is 182 g/mol. The van der Waals surface area contributed by atoms with Gasteiger partial charge in [0.2, 0.25) is 0 Å². The highest BCUT2D eigenvalue weighted by atomic mass is 15.4. The largest absolute Gasteiger partial charge is 0.312 e. The van der Waals surface area contributed by atoms with Gasteiger partial charge in [0.15, 0.2) is 0 Å². The molecule has 1 aliphatic carbocycles. The highest BCUT2D eigenvalue weighted by Crippen LogP contribution is 2.41. The molecule has 86 valence electrons. The third-order valence-corrected chi connectivity index (χ3v) is 5.28. The van der Waals surface area contributed by atoms with Crippen LogP contribution in [0.4, 0.5) is 0 Å². The number of likely N-dealkylation sites (tertiary alicyclic amines) is 1. The average Bonchev–Trinajstić information content (AvgIpc) is 2.30. The number of rotatable bonds is 2. The van der Waals surface area contributed by atoms with Crippen LogP contribution in [0.2, 0.25) is 0 Å². The van der Waals surface area contributed by atoms with Crippen molar-refractivity contribution in [2.45, 2.75) is 65.0 Å². The summed E-state index contributed by atoms with van der Waals surface area (Å²) in [7, 11) is 0. The standard InChI is InChI=1S/C14H27N/c1-4-15(5-2)12(3)10-11-13-8-6-7-9-14(13)15/h11-14H,4-10H2,1-3H3/q+2. The zero-order valence-electron chi connectivity index (χ0n) is 10.7. The molecule has 2 aliphatic rings. The molecule has 15 heavy (non-hydrogen) atoms. The fourth-order valence-electron chi connectivity index (χ4n) is 4.28. The van der Waals surface area contributed by atoms with E-state index in [-0.39, 0.29) is 0 Å². The van der Waals surface area contributed by atoms with Crippen LogP contribution in [-0.2, 0) is 0 Å². The molecule has 1 heterocycles. The fourth-order valence-corrected chi connectivity index (χ4v) is 4.28. The molecule has 1 nitrogen and oxygen atoms in total. The van der Waals surface area contributed by atoms with Gasteiger partial charge in [0.25, 0.3) is 0 Å². The highest BCUT2D eigenvalue weighted by Gasteiger charge is 2.52. The second-order valence-electron chi connectivity index (χ2n) is 5.57. The van der Waals surface area contributed by atoms with Crippen molar-refractivity contribution in [3.05, 3.63) is 6.42 Å². The molecule has 0 N–H and O–H groups in total. The SMILES string of the molecule is CC[N+]1(CC)C(C)C[CH+]C2CCCCC21. The molecule has 1 saturated carbocycles. The number of piperidine rings is 1. The van der Waals surface area contributed by atoms with E-state index in [2.05, 4.69) is 27.2 Å². The third-order valence-electron chi connectivity index (χ3n) is 5.28. The summed E-state index contributed by atoms with van der Waals surface area (Å²) in [5, 5.41) is 0. The zero-order chi connectivity index (χ0) is 10.9. The van der Waals surface area contributed by atoms with Gasteiger partial charge in [-0.2, -0.15) is 0 Å². The summed E-state index contributed by atoms with van der Waals surface area (Å²) in [4.78, 5) is 0. The Kier molecular flexibility index (Phi) is 3.30. The summed E-state index contributed by atoms with van der Waals surface area (Å²) in [5.74, 6) is 0.940. The molecular formula is C14H27N+2. The van der Waals surface area contributed by atoms with E-state index in [1.807, 2.05) is 0 Å². The van der Waals surface area contributed by atoms with Gasteiger partial charge in [-0.1, -0.05) is 0 Å². The van der Waals surface area contributed by atoms with Crippen LogP contribution in [0.1, 0.15) is 52.9 Å². The van der Waals surface area contributed by atoms with Crippen molar-refractivity contribution >= 4 is 0 Å². The molecule has 0 spiro atoms. The number of quaternary nitrogens is 1. The second-order valence-corrected chi connectivity index (χ2v) is 5.57. The Labute approximate surface area is 95.4 Å². The molecule has 0 radical (unpaired) electrons. The molecule has 2 fully saturated rings. The van der Waals surface area contributed by atoms with Gasteiger partial charge in [-0.25, -0.2) is 0 Å². The van der Waals surface area contributed by atoms with Gasteiger partial charge in [-0.3, -0.25) is 0 Å². The molecule has 0 aromatic carbocycles. The minimum absolute atomic E-state index is 0.861. The molecule has 3 unspecified atom stereocenters. The minimum atomic E-state index is 0.861. The average molecular weight is 209 g/mol. The van der Waals surface area contributed by atoms with Crippen molar-refractivity contribution in [1.29, 1.82) is 0 Å². The Morgan fingerprint density at radius 2 is 1.80 bits per heavy atom. The van der Waals surface area contributed by atoms with E-state index in [4.69, 9.17) is 0 Å². The van der Waals surface area contributed by atoms with Gasteiger partial charge >= 0.3 is 0 Å².